The van der Waals surface area contributed by atoms with Crippen molar-refractivity contribution in [3.63, 3.8) is 0 Å². The van der Waals surface area contributed by atoms with E-state index in [2.05, 4.69) is 30.8 Å². The van der Waals surface area contributed by atoms with Crippen molar-refractivity contribution in [1.82, 2.24) is 24.7 Å². The predicted molar refractivity (Wildman–Crippen MR) is 300 cm³/mol. The highest BCUT2D eigenvalue weighted by Gasteiger charge is 2.33. The zero-order valence-electron chi connectivity index (χ0n) is 43.6. The van der Waals surface area contributed by atoms with Crippen molar-refractivity contribution in [3.8, 4) is 11.2 Å². The second-order valence-corrected chi connectivity index (χ2v) is 24.0. The summed E-state index contributed by atoms with van der Waals surface area (Å²) in [5.41, 5.74) is 6.94. The molecule has 28 heteroatoms. The lowest BCUT2D eigenvalue weighted by molar-refractivity contribution is -0.432. The molecular weight excluding hydrogens is 1130 g/mol. The molecule has 22 nitrogen and oxygen atoms in total. The molecule has 8 aromatic rings. The molecule has 0 unspecified atom stereocenters. The smallest absolute Gasteiger partial charge is 0.295 e. The minimum Gasteiger partial charge on any atom is -0.338 e. The number of aryl methyl sites for hydroxylation is 5. The van der Waals surface area contributed by atoms with E-state index in [0.29, 0.717) is 93.7 Å². The van der Waals surface area contributed by atoms with E-state index in [1.165, 1.54) is 27.4 Å². The number of benzene rings is 4. The third-order valence-corrected chi connectivity index (χ3v) is 17.4. The fourth-order valence-electron chi connectivity index (χ4n) is 9.00. The maximum absolute atomic E-state index is 13.4. The number of fused-ring (bicyclic) bond motifs is 2. The van der Waals surface area contributed by atoms with Crippen LogP contribution in [0.1, 0.15) is 98.7 Å². The van der Waals surface area contributed by atoms with Crippen molar-refractivity contribution in [2.24, 2.45) is 10.2 Å². The molecule has 410 valence electrons. The van der Waals surface area contributed by atoms with Crippen molar-refractivity contribution in [3.05, 3.63) is 105 Å². The van der Waals surface area contributed by atoms with Gasteiger partial charge in [0.1, 0.15) is 28.0 Å². The summed E-state index contributed by atoms with van der Waals surface area (Å²) in [6, 6.07) is 18.4. The van der Waals surface area contributed by atoms with Crippen molar-refractivity contribution in [1.29, 1.82) is 5.26 Å². The van der Waals surface area contributed by atoms with E-state index in [1.54, 1.807) is 60.4 Å². The highest BCUT2D eigenvalue weighted by atomic mass is 32.2. The summed E-state index contributed by atoms with van der Waals surface area (Å²) < 4.78 is 55.0. The Morgan fingerprint density at radius 1 is 0.756 bits per heavy atom. The van der Waals surface area contributed by atoms with Gasteiger partial charge in [-0.3, -0.25) is 9.45 Å². The molecule has 0 fully saturated rings. The number of hydrogen-bond acceptors (Lipinski definition) is 25. The van der Waals surface area contributed by atoms with Gasteiger partial charge < -0.3 is 5.32 Å². The number of rotatable bonds is 22. The number of aromatic nitrogens is 5. The lowest BCUT2D eigenvalue weighted by Gasteiger charge is -2.29. The Labute approximate surface area is 469 Å². The first kappa shape index (κ1) is 58.5. The molecule has 78 heavy (non-hydrogen) atoms. The van der Waals surface area contributed by atoms with Crippen LogP contribution in [0.5, 0.6) is 0 Å². The fourth-order valence-corrected chi connectivity index (χ4v) is 13.6. The molecule has 0 saturated heterocycles. The monoisotopic (exact) mass is 1180 g/mol. The first-order valence-corrected chi connectivity index (χ1v) is 29.2. The maximum atomic E-state index is 13.4. The molecule has 0 aliphatic rings. The van der Waals surface area contributed by atoms with Crippen molar-refractivity contribution < 1.29 is 56.9 Å². The summed E-state index contributed by atoms with van der Waals surface area (Å²) in [4.78, 5) is 18.7. The number of anilines is 5. The molecule has 5 N–H and O–H groups in total. The second kappa shape index (κ2) is 24.8. The lowest BCUT2D eigenvalue weighted by Crippen LogP contribution is -2.19. The Hall–Kier alpha value is -5.69. The van der Waals surface area contributed by atoms with Gasteiger partial charge in [-0.1, -0.05) is 98.4 Å². The maximum Gasteiger partial charge on any atom is 0.295 e. The van der Waals surface area contributed by atoms with E-state index in [1.807, 2.05) is 68.4 Å². The quantitative estimate of drug-likeness (QED) is 0.0138. The topological polar surface area (TPSA) is 291 Å². The third kappa shape index (κ3) is 12.1. The largest absolute Gasteiger partial charge is 0.338 e. The van der Waals surface area contributed by atoms with Crippen LogP contribution >= 0.6 is 58.8 Å². The number of hydrogen-bond donors (Lipinski definition) is 5. The molecule has 4 aromatic heterocycles. The van der Waals surface area contributed by atoms with E-state index in [0.717, 1.165) is 63.1 Å². The molecule has 4 heterocycles. The lowest BCUT2D eigenvalue weighted by atomic mass is 9.90. The van der Waals surface area contributed by atoms with Gasteiger partial charge in [-0.25, -0.2) is 30.7 Å². The summed E-state index contributed by atoms with van der Waals surface area (Å²) in [6.07, 6.45) is 1.65. The van der Waals surface area contributed by atoms with Crippen LogP contribution in [0.4, 0.5) is 39.6 Å². The molecule has 0 saturated carbocycles. The van der Waals surface area contributed by atoms with Gasteiger partial charge in [0.25, 0.3) is 10.1 Å². The summed E-state index contributed by atoms with van der Waals surface area (Å²) in [5.74, 6) is 0.536. The van der Waals surface area contributed by atoms with Crippen molar-refractivity contribution in [2.75, 3.05) is 10.2 Å². The summed E-state index contributed by atoms with van der Waals surface area (Å²) in [7, 11) is -4.78. The highest BCUT2D eigenvalue weighted by molar-refractivity contribution is 7.95. The molecule has 0 spiro atoms. The van der Waals surface area contributed by atoms with Gasteiger partial charge in [0, 0.05) is 25.8 Å². The summed E-state index contributed by atoms with van der Waals surface area (Å²) >= 11 is 4.97. The van der Waals surface area contributed by atoms with Gasteiger partial charge in [0.2, 0.25) is 5.13 Å². The van der Waals surface area contributed by atoms with Crippen molar-refractivity contribution >= 4 is 129 Å². The SMILES string of the molecule is CCc1cc(C)c(SOOO)c(CC)c1Nc1nc(N(c2nc3ccc(SOOO)cc3s2)c2c(CC)cc(C)c(S(=O)(=O)O)c2CC)cc(C)c1N=Nc1c(C#N)c(C(C)(C)C)nn1-c1nc2ccc(SOOO)cc2s1. The van der Waals surface area contributed by atoms with Crippen LogP contribution in [-0.2, 0) is 69.3 Å². The van der Waals surface area contributed by atoms with E-state index >= 15 is 0 Å². The first-order chi connectivity index (χ1) is 37.3. The molecule has 0 aliphatic heterocycles. The third-order valence-electron chi connectivity index (χ3n) is 12.3. The second-order valence-electron chi connectivity index (χ2n) is 18.3. The number of nitrogens with one attached hydrogen (secondary N) is 1. The predicted octanol–water partition coefficient (Wildman–Crippen LogP) is 15.0. The normalized spacial score (nSPS) is 12.2. The number of nitriles is 1. The first-order valence-electron chi connectivity index (χ1n) is 23.9. The van der Waals surface area contributed by atoms with Crippen LogP contribution in [-0.4, -0.2) is 53.5 Å². The average molecular weight is 1180 g/mol. The number of azo groups is 1. The van der Waals surface area contributed by atoms with Gasteiger partial charge in [-0.2, -0.15) is 23.5 Å². The van der Waals surface area contributed by atoms with Gasteiger partial charge >= 0.3 is 0 Å². The Balaban J connectivity index is 1.44. The Morgan fingerprint density at radius 2 is 1.36 bits per heavy atom. The zero-order valence-corrected chi connectivity index (χ0v) is 48.5. The van der Waals surface area contributed by atoms with Crippen LogP contribution in [0.15, 0.2) is 84.4 Å². The van der Waals surface area contributed by atoms with Gasteiger partial charge in [-0.05, 0) is 128 Å². The molecule has 0 atom stereocenters. The Bertz CT molecular complexity index is 3740. The molecule has 0 bridgehead atoms. The Kier molecular flexibility index (Phi) is 18.6. The molecule has 0 radical (unpaired) electrons. The van der Waals surface area contributed by atoms with E-state index in [9.17, 15) is 23.5 Å². The van der Waals surface area contributed by atoms with Gasteiger partial charge in [0.15, 0.2) is 16.8 Å². The van der Waals surface area contributed by atoms with E-state index < -0.39 is 15.5 Å². The summed E-state index contributed by atoms with van der Waals surface area (Å²) in [6.45, 7) is 18.9. The highest BCUT2D eigenvalue weighted by Crippen LogP contribution is 2.48. The number of pyridine rings is 1. The summed E-state index contributed by atoms with van der Waals surface area (Å²) in [5, 5.41) is 68.6. The molecule has 0 aliphatic carbocycles. The molecule has 8 rings (SSSR count). The minimum absolute atomic E-state index is 0.0864. The fraction of sp³-hybridized carbons (Fsp3) is 0.300. The van der Waals surface area contributed by atoms with E-state index in [-0.39, 0.29) is 40.0 Å². The van der Waals surface area contributed by atoms with Gasteiger partial charge in [0.05, 0.1) is 67.9 Å². The number of nitrogens with zero attached hydrogens (tertiary/aromatic N) is 9. The molecule has 0 amide bonds. The standard InChI is InChI=1S/C50H52N10O12S6/c1-11-28-19-26(6)43(77-72-69-63)32(13-3)41(28)55-46-40(56-57-47-34(24-51)45(50(8,9)10)58-60(47)49-53-36-18-16-31(76-71-68-62)23-38(36)74-49)25(5)21-39(54-46)59(48-52-35-17-15-30(75-70-67-61)22-37(35)73-48)42-29(12-2)20-27(7)44(33(42)14-4)78(64,65)66/h15-23,61-63H,11-14H2,1-10H3,(H,54,55)(H,64,65,66). The average Bonchev–Trinajstić information content (AvgIpc) is 4.16. The molecular formula is C50H52N10O12S6. The Morgan fingerprint density at radius 3 is 1.94 bits per heavy atom. The number of thiazole rings is 2. The molecule has 4 aromatic carbocycles. The van der Waals surface area contributed by atoms with Crippen LogP contribution in [0.25, 0.3) is 25.6 Å². The van der Waals surface area contributed by atoms with Crippen LogP contribution < -0.4 is 10.2 Å². The zero-order chi connectivity index (χ0) is 56.2. The van der Waals surface area contributed by atoms with E-state index in [4.69, 9.17) is 49.5 Å². The van der Waals surface area contributed by atoms with Crippen LogP contribution in [0.2, 0.25) is 0 Å². The van der Waals surface area contributed by atoms with Crippen LogP contribution in [0, 0.1) is 32.1 Å². The van der Waals surface area contributed by atoms with Crippen LogP contribution in [0.3, 0.4) is 0 Å². The minimum atomic E-state index is -4.78. The van der Waals surface area contributed by atoms with Gasteiger partial charge in [-0.15, -0.1) is 23.2 Å². The van der Waals surface area contributed by atoms with Crippen molar-refractivity contribution in [2.45, 2.75) is 120 Å².